The molecule has 0 heterocycles. The minimum absolute atomic E-state index is 0.237. The molecule has 0 aromatic heterocycles. The van der Waals surface area contributed by atoms with E-state index in [1.54, 1.807) is 18.2 Å². The Balaban J connectivity index is 3.09. The maximum absolute atomic E-state index is 10.3. The van der Waals surface area contributed by atoms with Gasteiger partial charge in [-0.3, -0.25) is 4.79 Å². The van der Waals surface area contributed by atoms with Gasteiger partial charge in [0.05, 0.1) is 12.5 Å². The molecular weight excluding hydrogens is 174 g/mol. The number of hydrogen-bond acceptors (Lipinski definition) is 2. The van der Waals surface area contributed by atoms with Gasteiger partial charge in [-0.2, -0.15) is 5.26 Å². The molecule has 3 heteroatoms. The van der Waals surface area contributed by atoms with Crippen molar-refractivity contribution in [2.75, 3.05) is 0 Å². The van der Waals surface area contributed by atoms with Crippen LogP contribution in [0.1, 0.15) is 15.9 Å². The summed E-state index contributed by atoms with van der Waals surface area (Å²) < 4.78 is 0. The Kier molecular flexibility index (Phi) is 2.84. The molecule has 0 atom stereocenters. The van der Waals surface area contributed by atoms with E-state index in [1.165, 1.54) is 0 Å². The fourth-order valence-corrected chi connectivity index (χ4v) is 1.07. The van der Waals surface area contributed by atoms with E-state index in [9.17, 15) is 4.79 Å². The normalized spacial score (nSPS) is 9.00. The maximum atomic E-state index is 10.3. The Morgan fingerprint density at radius 1 is 1.58 bits per heavy atom. The lowest BCUT2D eigenvalue weighted by molar-refractivity contribution is 0.112. The number of rotatable bonds is 2. The smallest absolute Gasteiger partial charge is 0.150 e. The molecular formula is C9H6ClNO. The summed E-state index contributed by atoms with van der Waals surface area (Å²) in [6, 6.07) is 6.84. The van der Waals surface area contributed by atoms with Crippen LogP contribution in [0.25, 0.3) is 0 Å². The summed E-state index contributed by atoms with van der Waals surface area (Å²) in [5.41, 5.74) is 1.24. The van der Waals surface area contributed by atoms with Gasteiger partial charge in [0, 0.05) is 10.6 Å². The van der Waals surface area contributed by atoms with Gasteiger partial charge in [0.15, 0.2) is 0 Å². The molecule has 1 aromatic rings. The molecule has 12 heavy (non-hydrogen) atoms. The molecule has 1 aromatic carbocycles. The number of carbonyl (C=O) groups is 1. The summed E-state index contributed by atoms with van der Waals surface area (Å²) in [6.07, 6.45) is 0.970. The van der Waals surface area contributed by atoms with E-state index < -0.39 is 0 Å². The summed E-state index contributed by atoms with van der Waals surface area (Å²) >= 11 is 5.76. The van der Waals surface area contributed by atoms with Gasteiger partial charge < -0.3 is 0 Å². The summed E-state index contributed by atoms with van der Waals surface area (Å²) in [7, 11) is 0. The molecule has 0 saturated heterocycles. The van der Waals surface area contributed by atoms with Crippen molar-refractivity contribution in [1.29, 1.82) is 5.26 Å². The molecule has 60 valence electrons. The van der Waals surface area contributed by atoms with E-state index >= 15 is 0 Å². The highest BCUT2D eigenvalue weighted by Crippen LogP contribution is 2.16. The number of nitrogens with zero attached hydrogens (tertiary/aromatic N) is 1. The molecule has 0 aliphatic heterocycles. The molecule has 0 unspecified atom stereocenters. The standard InChI is InChI=1S/C9H6ClNO/c10-9-2-1-7(6-12)5-8(9)3-4-11/h1-2,5-6H,3H2. The fraction of sp³-hybridized carbons (Fsp3) is 0.111. The van der Waals surface area contributed by atoms with Crippen LogP contribution in [-0.2, 0) is 6.42 Å². The molecule has 0 radical (unpaired) electrons. The van der Waals surface area contributed by atoms with Gasteiger partial charge in [-0.1, -0.05) is 17.7 Å². The monoisotopic (exact) mass is 179 g/mol. The van der Waals surface area contributed by atoms with E-state index in [1.807, 2.05) is 6.07 Å². The number of aldehydes is 1. The minimum Gasteiger partial charge on any atom is -0.298 e. The first-order valence-corrected chi connectivity index (χ1v) is 3.76. The van der Waals surface area contributed by atoms with E-state index in [2.05, 4.69) is 0 Å². The Morgan fingerprint density at radius 3 is 2.92 bits per heavy atom. The number of nitriles is 1. The van der Waals surface area contributed by atoms with Crippen LogP contribution in [0.2, 0.25) is 5.02 Å². The van der Waals surface area contributed by atoms with E-state index in [0.29, 0.717) is 16.1 Å². The lowest BCUT2D eigenvalue weighted by atomic mass is 10.1. The maximum Gasteiger partial charge on any atom is 0.150 e. The highest BCUT2D eigenvalue weighted by molar-refractivity contribution is 6.31. The van der Waals surface area contributed by atoms with Crippen LogP contribution in [0, 0.1) is 11.3 Å². The molecule has 0 saturated carbocycles. The average molecular weight is 180 g/mol. The molecule has 2 nitrogen and oxygen atoms in total. The second-order valence-corrected chi connectivity index (χ2v) is 2.71. The molecule has 0 aliphatic carbocycles. The molecule has 0 aliphatic rings. The van der Waals surface area contributed by atoms with Crippen LogP contribution in [-0.4, -0.2) is 6.29 Å². The fourth-order valence-electron chi connectivity index (χ4n) is 0.889. The SMILES string of the molecule is N#CCc1cc(C=O)ccc1Cl. The molecule has 0 fully saturated rings. The van der Waals surface area contributed by atoms with Crippen LogP contribution < -0.4 is 0 Å². The zero-order chi connectivity index (χ0) is 8.97. The van der Waals surface area contributed by atoms with Gasteiger partial charge in [-0.15, -0.1) is 0 Å². The lowest BCUT2D eigenvalue weighted by Crippen LogP contribution is -1.87. The Labute approximate surface area is 75.4 Å². The average Bonchev–Trinajstić information content (AvgIpc) is 2.09. The van der Waals surface area contributed by atoms with Crippen LogP contribution in [0.4, 0.5) is 0 Å². The summed E-state index contributed by atoms with van der Waals surface area (Å²) in [4.78, 5) is 10.3. The quantitative estimate of drug-likeness (QED) is 0.654. The summed E-state index contributed by atoms with van der Waals surface area (Å²) in [5, 5.41) is 8.94. The van der Waals surface area contributed by atoms with Crippen molar-refractivity contribution in [3.05, 3.63) is 34.3 Å². The van der Waals surface area contributed by atoms with Crippen molar-refractivity contribution in [2.24, 2.45) is 0 Å². The second-order valence-electron chi connectivity index (χ2n) is 2.30. The number of halogens is 1. The van der Waals surface area contributed by atoms with Gasteiger partial charge in [0.25, 0.3) is 0 Å². The van der Waals surface area contributed by atoms with E-state index in [0.717, 1.165) is 6.29 Å². The molecule has 0 N–H and O–H groups in total. The molecule has 0 amide bonds. The molecule has 1 rings (SSSR count). The Bertz CT molecular complexity index is 341. The molecule has 0 spiro atoms. The first-order valence-electron chi connectivity index (χ1n) is 3.38. The van der Waals surface area contributed by atoms with Crippen molar-refractivity contribution in [3.63, 3.8) is 0 Å². The van der Waals surface area contributed by atoms with Gasteiger partial charge >= 0.3 is 0 Å². The van der Waals surface area contributed by atoms with Crippen molar-refractivity contribution in [1.82, 2.24) is 0 Å². The highest BCUT2D eigenvalue weighted by Gasteiger charge is 2.00. The van der Waals surface area contributed by atoms with Crippen molar-refractivity contribution < 1.29 is 4.79 Å². The van der Waals surface area contributed by atoms with Gasteiger partial charge in [-0.25, -0.2) is 0 Å². The first-order chi connectivity index (χ1) is 5.77. The van der Waals surface area contributed by atoms with Crippen LogP contribution in [0.3, 0.4) is 0 Å². The predicted molar refractivity (Wildman–Crippen MR) is 46.2 cm³/mol. The van der Waals surface area contributed by atoms with Crippen molar-refractivity contribution in [3.8, 4) is 6.07 Å². The predicted octanol–water partition coefficient (Wildman–Crippen LogP) is 2.22. The Hall–Kier alpha value is -1.33. The van der Waals surface area contributed by atoms with Crippen LogP contribution in [0.5, 0.6) is 0 Å². The van der Waals surface area contributed by atoms with Crippen molar-refractivity contribution >= 4 is 17.9 Å². The first kappa shape index (κ1) is 8.76. The number of hydrogen-bond donors (Lipinski definition) is 0. The second kappa shape index (κ2) is 3.89. The van der Waals surface area contributed by atoms with E-state index in [-0.39, 0.29) is 6.42 Å². The van der Waals surface area contributed by atoms with Crippen LogP contribution in [0.15, 0.2) is 18.2 Å². The minimum atomic E-state index is 0.237. The largest absolute Gasteiger partial charge is 0.298 e. The third kappa shape index (κ3) is 1.84. The number of carbonyl (C=O) groups excluding carboxylic acids is 1. The molecule has 0 bridgehead atoms. The third-order valence-electron chi connectivity index (χ3n) is 1.48. The number of benzene rings is 1. The van der Waals surface area contributed by atoms with E-state index in [4.69, 9.17) is 16.9 Å². The topological polar surface area (TPSA) is 40.9 Å². The zero-order valence-corrected chi connectivity index (χ0v) is 7.01. The zero-order valence-electron chi connectivity index (χ0n) is 6.25. The van der Waals surface area contributed by atoms with Gasteiger partial charge in [0.2, 0.25) is 0 Å². The summed E-state index contributed by atoms with van der Waals surface area (Å²) in [6.45, 7) is 0. The van der Waals surface area contributed by atoms with Crippen molar-refractivity contribution in [2.45, 2.75) is 6.42 Å². The summed E-state index contributed by atoms with van der Waals surface area (Å²) in [5.74, 6) is 0. The third-order valence-corrected chi connectivity index (χ3v) is 1.84. The van der Waals surface area contributed by atoms with Gasteiger partial charge in [0.1, 0.15) is 6.29 Å². The van der Waals surface area contributed by atoms with Crippen LogP contribution >= 0.6 is 11.6 Å². The van der Waals surface area contributed by atoms with Gasteiger partial charge in [-0.05, 0) is 17.7 Å². The highest BCUT2D eigenvalue weighted by atomic mass is 35.5. The Morgan fingerprint density at radius 2 is 2.33 bits per heavy atom. The lowest BCUT2D eigenvalue weighted by Gasteiger charge is -1.98.